The number of amides is 1. The number of morpholine rings is 1. The van der Waals surface area contributed by atoms with E-state index in [9.17, 15) is 4.79 Å². The average molecular weight is 306 g/mol. The van der Waals surface area contributed by atoms with Gasteiger partial charge in [-0.15, -0.1) is 0 Å². The fourth-order valence-corrected chi connectivity index (χ4v) is 3.96. The summed E-state index contributed by atoms with van der Waals surface area (Å²) in [5.41, 5.74) is 1.45. The van der Waals surface area contributed by atoms with Crippen LogP contribution in [0.15, 0.2) is 6.07 Å². The summed E-state index contributed by atoms with van der Waals surface area (Å²) in [5.74, 6) is -0.0867. The maximum absolute atomic E-state index is 12.4. The molecule has 1 saturated carbocycles. The van der Waals surface area contributed by atoms with E-state index in [1.807, 2.05) is 6.92 Å². The first-order valence-corrected chi connectivity index (χ1v) is 8.27. The lowest BCUT2D eigenvalue weighted by atomic mass is 9.86. The summed E-state index contributed by atoms with van der Waals surface area (Å²) in [6.07, 6.45) is 4.76. The van der Waals surface area contributed by atoms with Gasteiger partial charge in [-0.2, -0.15) is 5.10 Å². The maximum Gasteiger partial charge on any atom is 0.272 e. The molecular weight excluding hydrogens is 280 g/mol. The van der Waals surface area contributed by atoms with Gasteiger partial charge in [0.25, 0.3) is 5.91 Å². The third-order valence-corrected chi connectivity index (χ3v) is 5.20. The number of hydrogen-bond donors (Lipinski definition) is 2. The monoisotopic (exact) mass is 306 g/mol. The van der Waals surface area contributed by atoms with Crippen LogP contribution in [-0.2, 0) is 4.74 Å². The lowest BCUT2D eigenvalue weighted by molar-refractivity contribution is -0.0323. The minimum Gasteiger partial charge on any atom is -0.379 e. The molecule has 2 N–H and O–H groups in total. The van der Waals surface area contributed by atoms with E-state index < -0.39 is 0 Å². The van der Waals surface area contributed by atoms with Crippen LogP contribution in [0.3, 0.4) is 0 Å². The van der Waals surface area contributed by atoms with Crippen LogP contribution >= 0.6 is 0 Å². The van der Waals surface area contributed by atoms with Crippen LogP contribution in [0.1, 0.15) is 48.8 Å². The smallest absolute Gasteiger partial charge is 0.272 e. The van der Waals surface area contributed by atoms with Gasteiger partial charge in [0.05, 0.1) is 13.2 Å². The van der Waals surface area contributed by atoms with Crippen molar-refractivity contribution in [1.29, 1.82) is 0 Å². The molecule has 2 heterocycles. The van der Waals surface area contributed by atoms with E-state index in [1.165, 1.54) is 12.8 Å². The average Bonchev–Trinajstić information content (AvgIpc) is 3.18. The van der Waals surface area contributed by atoms with E-state index in [1.54, 1.807) is 6.07 Å². The fraction of sp³-hybridized carbons (Fsp3) is 0.750. The van der Waals surface area contributed by atoms with Crippen LogP contribution in [0, 0.1) is 6.92 Å². The zero-order valence-electron chi connectivity index (χ0n) is 13.5. The zero-order valence-corrected chi connectivity index (χ0v) is 13.5. The number of rotatable bonds is 4. The number of aromatic nitrogens is 2. The van der Waals surface area contributed by atoms with Gasteiger partial charge in [-0.25, -0.2) is 0 Å². The third kappa shape index (κ3) is 2.90. The summed E-state index contributed by atoms with van der Waals surface area (Å²) >= 11 is 0. The maximum atomic E-state index is 12.4. The van der Waals surface area contributed by atoms with Crippen LogP contribution < -0.4 is 5.32 Å². The number of nitrogens with zero attached hydrogens (tertiary/aromatic N) is 2. The summed E-state index contributed by atoms with van der Waals surface area (Å²) in [6, 6.07) is 1.90. The standard InChI is InChI=1S/C16H26N4O2/c1-12-11-14(19-18-12)15(21)17-13(2)16(5-3-4-6-16)20-7-9-22-10-8-20/h11,13H,3-10H2,1-2H3,(H,17,21)(H,18,19)/t13-/m0/s1. The van der Waals surface area contributed by atoms with Gasteiger partial charge in [-0.3, -0.25) is 14.8 Å². The van der Waals surface area contributed by atoms with E-state index in [0.717, 1.165) is 44.8 Å². The van der Waals surface area contributed by atoms with Crippen LogP contribution in [0.4, 0.5) is 0 Å². The Kier molecular flexibility index (Phi) is 4.49. The van der Waals surface area contributed by atoms with Crippen LogP contribution in [0.5, 0.6) is 0 Å². The van der Waals surface area contributed by atoms with Crippen LogP contribution in [0.2, 0.25) is 0 Å². The van der Waals surface area contributed by atoms with E-state index in [-0.39, 0.29) is 17.5 Å². The Labute approximate surface area is 131 Å². The first-order chi connectivity index (χ1) is 10.6. The number of carbonyl (C=O) groups is 1. The molecule has 1 atom stereocenters. The lowest BCUT2D eigenvalue weighted by Gasteiger charge is -2.47. The SMILES string of the molecule is Cc1cc(C(=O)N[C@@H](C)C2(N3CCOCC3)CCCC2)n[nH]1. The van der Waals surface area contributed by atoms with Crippen molar-refractivity contribution in [3.05, 3.63) is 17.5 Å². The van der Waals surface area contributed by atoms with Gasteiger partial charge in [0, 0.05) is 30.4 Å². The minimum atomic E-state index is -0.0867. The molecule has 1 aromatic heterocycles. The number of H-pyrrole nitrogens is 1. The number of aryl methyl sites for hydroxylation is 1. The molecule has 2 aliphatic rings. The molecule has 0 aromatic carbocycles. The Morgan fingerprint density at radius 3 is 2.68 bits per heavy atom. The third-order valence-electron chi connectivity index (χ3n) is 5.20. The van der Waals surface area contributed by atoms with Crippen molar-refractivity contribution >= 4 is 5.91 Å². The molecule has 1 aromatic rings. The van der Waals surface area contributed by atoms with Gasteiger partial charge in [0.15, 0.2) is 0 Å². The summed E-state index contributed by atoms with van der Waals surface area (Å²) in [7, 11) is 0. The van der Waals surface area contributed by atoms with E-state index >= 15 is 0 Å². The van der Waals surface area contributed by atoms with Crippen molar-refractivity contribution in [2.75, 3.05) is 26.3 Å². The van der Waals surface area contributed by atoms with E-state index in [2.05, 4.69) is 27.3 Å². The summed E-state index contributed by atoms with van der Waals surface area (Å²) in [5, 5.41) is 10.1. The van der Waals surface area contributed by atoms with Crippen molar-refractivity contribution in [3.63, 3.8) is 0 Å². The summed E-state index contributed by atoms with van der Waals surface area (Å²) < 4.78 is 5.49. The summed E-state index contributed by atoms with van der Waals surface area (Å²) in [6.45, 7) is 7.54. The second-order valence-electron chi connectivity index (χ2n) is 6.54. The Bertz CT molecular complexity index is 516. The first kappa shape index (κ1) is 15.5. The molecule has 1 aliphatic carbocycles. The highest BCUT2D eigenvalue weighted by atomic mass is 16.5. The Hall–Kier alpha value is -1.40. The van der Waals surface area contributed by atoms with E-state index in [0.29, 0.717) is 5.69 Å². The molecule has 3 rings (SSSR count). The van der Waals surface area contributed by atoms with Gasteiger partial charge < -0.3 is 10.1 Å². The largest absolute Gasteiger partial charge is 0.379 e. The normalized spacial score (nSPS) is 23.4. The topological polar surface area (TPSA) is 70.2 Å². The zero-order chi connectivity index (χ0) is 15.6. The van der Waals surface area contributed by atoms with Gasteiger partial charge in [-0.1, -0.05) is 12.8 Å². The molecule has 0 radical (unpaired) electrons. The lowest BCUT2D eigenvalue weighted by Crippen LogP contribution is -2.62. The molecule has 0 unspecified atom stereocenters. The molecule has 1 amide bonds. The molecule has 1 saturated heterocycles. The Morgan fingerprint density at radius 2 is 2.09 bits per heavy atom. The number of nitrogens with one attached hydrogen (secondary N) is 2. The highest BCUT2D eigenvalue weighted by Crippen LogP contribution is 2.38. The minimum absolute atomic E-state index is 0.0742. The van der Waals surface area contributed by atoms with Crippen LogP contribution in [-0.4, -0.2) is 58.9 Å². The predicted molar refractivity (Wildman–Crippen MR) is 83.8 cm³/mol. The van der Waals surface area contributed by atoms with Gasteiger partial charge in [0.2, 0.25) is 0 Å². The van der Waals surface area contributed by atoms with Crippen molar-refractivity contribution in [3.8, 4) is 0 Å². The fourth-order valence-electron chi connectivity index (χ4n) is 3.96. The highest BCUT2D eigenvalue weighted by Gasteiger charge is 2.45. The second kappa shape index (κ2) is 6.38. The van der Waals surface area contributed by atoms with Crippen molar-refractivity contribution in [2.24, 2.45) is 0 Å². The molecule has 122 valence electrons. The van der Waals surface area contributed by atoms with E-state index in [4.69, 9.17) is 4.74 Å². The number of ether oxygens (including phenoxy) is 1. The molecule has 2 fully saturated rings. The second-order valence-corrected chi connectivity index (χ2v) is 6.54. The van der Waals surface area contributed by atoms with Gasteiger partial charge >= 0.3 is 0 Å². The Morgan fingerprint density at radius 1 is 1.41 bits per heavy atom. The van der Waals surface area contributed by atoms with Gasteiger partial charge in [-0.05, 0) is 32.8 Å². The van der Waals surface area contributed by atoms with Crippen LogP contribution in [0.25, 0.3) is 0 Å². The molecular formula is C16H26N4O2. The molecule has 6 nitrogen and oxygen atoms in total. The quantitative estimate of drug-likeness (QED) is 0.884. The van der Waals surface area contributed by atoms with Gasteiger partial charge in [0.1, 0.15) is 5.69 Å². The highest BCUT2D eigenvalue weighted by molar-refractivity contribution is 5.92. The molecule has 22 heavy (non-hydrogen) atoms. The van der Waals surface area contributed by atoms with Crippen molar-refractivity contribution < 1.29 is 9.53 Å². The molecule has 6 heteroatoms. The Balaban J connectivity index is 1.72. The molecule has 1 aliphatic heterocycles. The number of aromatic amines is 1. The van der Waals surface area contributed by atoms with Crippen molar-refractivity contribution in [1.82, 2.24) is 20.4 Å². The number of hydrogen-bond acceptors (Lipinski definition) is 4. The number of carbonyl (C=O) groups excluding carboxylic acids is 1. The summed E-state index contributed by atoms with van der Waals surface area (Å²) in [4.78, 5) is 14.9. The van der Waals surface area contributed by atoms with Crippen molar-refractivity contribution in [2.45, 2.75) is 51.1 Å². The predicted octanol–water partition coefficient (Wildman–Crippen LogP) is 1.48. The molecule has 0 spiro atoms. The first-order valence-electron chi connectivity index (χ1n) is 8.27. The molecule has 0 bridgehead atoms.